The molecule has 0 spiro atoms. The van der Waals surface area contributed by atoms with E-state index in [1.807, 2.05) is 18.7 Å². The fourth-order valence-corrected chi connectivity index (χ4v) is 4.50. The molecule has 156 valence electrons. The molecule has 0 radical (unpaired) electrons. The molecular weight excluding hydrogens is 376 g/mol. The maximum atomic E-state index is 5.91. The number of anilines is 1. The van der Waals surface area contributed by atoms with Crippen LogP contribution < -0.4 is 5.32 Å². The Kier molecular flexibility index (Phi) is 7.87. The third-order valence-corrected chi connectivity index (χ3v) is 6.05. The molecule has 1 aliphatic rings. The Morgan fingerprint density at radius 1 is 1.34 bits per heavy atom. The van der Waals surface area contributed by atoms with Gasteiger partial charge in [0, 0.05) is 37.7 Å². The average Bonchev–Trinajstić information content (AvgIpc) is 3.21. The Morgan fingerprint density at radius 3 is 2.90 bits per heavy atom. The molecule has 29 heavy (non-hydrogen) atoms. The van der Waals surface area contributed by atoms with Crippen LogP contribution >= 0.6 is 12.2 Å². The molecule has 0 aliphatic heterocycles. The summed E-state index contributed by atoms with van der Waals surface area (Å²) >= 11 is 5.91. The lowest BCUT2D eigenvalue weighted by Gasteiger charge is -2.31. The highest BCUT2D eigenvalue weighted by atomic mass is 32.1. The summed E-state index contributed by atoms with van der Waals surface area (Å²) in [7, 11) is 0. The monoisotopic (exact) mass is 410 g/mol. The summed E-state index contributed by atoms with van der Waals surface area (Å²) in [6.45, 7) is 9.60. The number of nitrogens with zero attached hydrogens (tertiary/aromatic N) is 3. The van der Waals surface area contributed by atoms with Crippen LogP contribution in [0.25, 0.3) is 0 Å². The van der Waals surface area contributed by atoms with Gasteiger partial charge in [-0.2, -0.15) is 0 Å². The van der Waals surface area contributed by atoms with Crippen molar-refractivity contribution in [3.8, 4) is 0 Å². The van der Waals surface area contributed by atoms with Crippen molar-refractivity contribution < 1.29 is 0 Å². The highest BCUT2D eigenvalue weighted by molar-refractivity contribution is 7.80. The highest BCUT2D eigenvalue weighted by Gasteiger charge is 2.19. The van der Waals surface area contributed by atoms with Gasteiger partial charge in [-0.25, -0.2) is 4.98 Å². The molecule has 0 amide bonds. The Hall–Kier alpha value is -2.14. The molecule has 1 N–H and O–H groups in total. The van der Waals surface area contributed by atoms with Crippen LogP contribution in [0.15, 0.2) is 49.1 Å². The van der Waals surface area contributed by atoms with Crippen molar-refractivity contribution >= 4 is 23.0 Å². The summed E-state index contributed by atoms with van der Waals surface area (Å²) in [5.74, 6) is 1.13. The van der Waals surface area contributed by atoms with E-state index >= 15 is 0 Å². The quantitative estimate of drug-likeness (QED) is 0.443. The van der Waals surface area contributed by atoms with Crippen molar-refractivity contribution in [2.24, 2.45) is 5.92 Å². The molecule has 3 rings (SSSR count). The van der Waals surface area contributed by atoms with E-state index < -0.39 is 0 Å². The van der Waals surface area contributed by atoms with E-state index in [1.54, 1.807) is 0 Å². The van der Waals surface area contributed by atoms with Gasteiger partial charge in [0.2, 0.25) is 0 Å². The molecule has 1 atom stereocenters. The van der Waals surface area contributed by atoms with Gasteiger partial charge >= 0.3 is 0 Å². The maximum absolute atomic E-state index is 5.91. The third-order valence-electron chi connectivity index (χ3n) is 5.69. The number of hydrogen-bond acceptors (Lipinski definition) is 2. The van der Waals surface area contributed by atoms with E-state index in [-0.39, 0.29) is 0 Å². The first-order chi connectivity index (χ1) is 14.0. The Labute approximate surface area is 181 Å². The molecule has 0 bridgehead atoms. The van der Waals surface area contributed by atoms with Gasteiger partial charge in [0.05, 0.1) is 6.33 Å². The second kappa shape index (κ2) is 10.6. The predicted octanol–water partition coefficient (Wildman–Crippen LogP) is 5.76. The minimum Gasteiger partial charge on any atom is -0.349 e. The van der Waals surface area contributed by atoms with Crippen molar-refractivity contribution in [3.05, 3.63) is 60.2 Å². The van der Waals surface area contributed by atoms with Crippen LogP contribution in [0, 0.1) is 12.8 Å². The Balaban J connectivity index is 1.69. The van der Waals surface area contributed by atoms with Crippen LogP contribution in [-0.2, 0) is 6.54 Å². The van der Waals surface area contributed by atoms with Gasteiger partial charge in [0.25, 0.3) is 0 Å². The summed E-state index contributed by atoms with van der Waals surface area (Å²) in [4.78, 5) is 6.52. The molecule has 1 aliphatic carbocycles. The van der Waals surface area contributed by atoms with Gasteiger partial charge in [0.15, 0.2) is 5.11 Å². The summed E-state index contributed by atoms with van der Waals surface area (Å²) in [6.07, 6.45) is 15.0. The number of benzene rings is 1. The van der Waals surface area contributed by atoms with Gasteiger partial charge in [-0.15, -0.1) is 0 Å². The molecule has 0 fully saturated rings. The third kappa shape index (κ3) is 6.17. The average molecular weight is 411 g/mol. The molecule has 4 nitrogen and oxygen atoms in total. The summed E-state index contributed by atoms with van der Waals surface area (Å²) in [5.41, 5.74) is 3.82. The number of imidazole rings is 1. The highest BCUT2D eigenvalue weighted by Crippen LogP contribution is 2.28. The topological polar surface area (TPSA) is 33.1 Å². The fraction of sp³-hybridized carbons (Fsp3) is 0.500. The Bertz CT molecular complexity index is 810. The van der Waals surface area contributed by atoms with E-state index in [0.29, 0.717) is 11.8 Å². The van der Waals surface area contributed by atoms with Crippen molar-refractivity contribution in [1.29, 1.82) is 0 Å². The lowest BCUT2D eigenvalue weighted by Crippen LogP contribution is -2.39. The zero-order chi connectivity index (χ0) is 20.6. The molecule has 1 aromatic heterocycles. The Morgan fingerprint density at radius 2 is 2.21 bits per heavy atom. The van der Waals surface area contributed by atoms with Crippen LogP contribution in [-0.4, -0.2) is 32.7 Å². The first kappa shape index (κ1) is 21.6. The van der Waals surface area contributed by atoms with Crippen molar-refractivity contribution in [2.45, 2.75) is 58.9 Å². The minimum absolute atomic E-state index is 0.458. The van der Waals surface area contributed by atoms with Gasteiger partial charge < -0.3 is 14.8 Å². The normalized spacial score (nSPS) is 16.2. The molecule has 0 saturated carbocycles. The SMILES string of the molecule is Cc1cccc(NC(=S)N(CCCn2ccnc2)CC2CC=CCC2)c1C(C)C. The first-order valence-electron chi connectivity index (χ1n) is 10.8. The zero-order valence-electron chi connectivity index (χ0n) is 18.0. The summed E-state index contributed by atoms with van der Waals surface area (Å²) in [6, 6.07) is 6.45. The van der Waals surface area contributed by atoms with E-state index in [1.165, 1.54) is 24.0 Å². The van der Waals surface area contributed by atoms with Crippen molar-refractivity contribution in [3.63, 3.8) is 0 Å². The van der Waals surface area contributed by atoms with Crippen LogP contribution in [0.3, 0.4) is 0 Å². The molecule has 0 saturated heterocycles. The molecule has 2 aromatic rings. The van der Waals surface area contributed by atoms with Gasteiger partial charge in [-0.1, -0.05) is 38.1 Å². The van der Waals surface area contributed by atoms with Gasteiger partial charge in [0.1, 0.15) is 0 Å². The van der Waals surface area contributed by atoms with E-state index in [2.05, 4.69) is 70.9 Å². The van der Waals surface area contributed by atoms with Crippen molar-refractivity contribution in [2.75, 3.05) is 18.4 Å². The number of hydrogen-bond donors (Lipinski definition) is 1. The lowest BCUT2D eigenvalue weighted by atomic mass is 9.94. The second-order valence-electron chi connectivity index (χ2n) is 8.37. The fourth-order valence-electron chi connectivity index (χ4n) is 4.22. The molecule has 1 aromatic carbocycles. The number of nitrogens with one attached hydrogen (secondary N) is 1. The number of aryl methyl sites for hydroxylation is 2. The minimum atomic E-state index is 0.458. The first-order valence-corrected chi connectivity index (χ1v) is 11.2. The lowest BCUT2D eigenvalue weighted by molar-refractivity contribution is 0.316. The van der Waals surface area contributed by atoms with Crippen LogP contribution in [0.2, 0.25) is 0 Å². The number of allylic oxidation sites excluding steroid dienone is 2. The summed E-state index contributed by atoms with van der Waals surface area (Å²) < 4.78 is 2.13. The van der Waals surface area contributed by atoms with Gasteiger partial charge in [-0.3, -0.25) is 0 Å². The molecular formula is C24H34N4S. The molecule has 1 heterocycles. The predicted molar refractivity (Wildman–Crippen MR) is 126 cm³/mol. The van der Waals surface area contributed by atoms with E-state index in [4.69, 9.17) is 12.2 Å². The molecule has 5 heteroatoms. The van der Waals surface area contributed by atoms with Gasteiger partial charge in [-0.05, 0) is 73.9 Å². The maximum Gasteiger partial charge on any atom is 0.173 e. The van der Waals surface area contributed by atoms with Crippen LogP contribution in [0.5, 0.6) is 0 Å². The van der Waals surface area contributed by atoms with Crippen LogP contribution in [0.1, 0.15) is 56.6 Å². The van der Waals surface area contributed by atoms with E-state index in [0.717, 1.165) is 43.3 Å². The second-order valence-corrected chi connectivity index (χ2v) is 8.76. The number of thiocarbonyl (C=S) groups is 1. The molecule has 1 unspecified atom stereocenters. The number of rotatable bonds is 8. The van der Waals surface area contributed by atoms with Crippen LogP contribution in [0.4, 0.5) is 5.69 Å². The standard InChI is InChI=1S/C24H34N4S/c1-19(2)23-20(3)9-7-12-22(23)26-24(29)28(17-21-10-5-4-6-11-21)15-8-14-27-16-13-25-18-27/h4-5,7,9,12-13,16,18-19,21H,6,8,10-11,14-15,17H2,1-3H3,(H,26,29). The summed E-state index contributed by atoms with van der Waals surface area (Å²) in [5, 5.41) is 4.43. The largest absolute Gasteiger partial charge is 0.349 e. The zero-order valence-corrected chi connectivity index (χ0v) is 18.8. The van der Waals surface area contributed by atoms with Crippen molar-refractivity contribution in [1.82, 2.24) is 14.5 Å². The number of aromatic nitrogens is 2. The smallest absolute Gasteiger partial charge is 0.173 e. The van der Waals surface area contributed by atoms with E-state index in [9.17, 15) is 0 Å².